The zero-order chi connectivity index (χ0) is 43.4. The Kier molecular flexibility index (Phi) is 8.36. The fourth-order valence-corrected chi connectivity index (χ4v) is 19.6. The molecule has 2 unspecified atom stereocenters. The number of benzene rings is 7. The fraction of sp³-hybridized carbons (Fsp3) is 0.129. The number of allylic oxidation sites excluding steroid dienone is 5. The molecule has 0 saturated heterocycles. The number of nitrogens with zero attached hydrogens (tertiary/aromatic N) is 3. The van der Waals surface area contributed by atoms with Crippen LogP contribution in [0.25, 0.3) is 61.4 Å². The van der Waals surface area contributed by atoms with E-state index in [1.165, 1.54) is 99.0 Å². The lowest BCUT2D eigenvalue weighted by atomic mass is 9.88. The van der Waals surface area contributed by atoms with Crippen LogP contribution in [0.2, 0.25) is 5.04 Å². The van der Waals surface area contributed by atoms with E-state index in [0.717, 1.165) is 38.6 Å². The molecule has 3 aromatic heterocycles. The minimum atomic E-state index is -2.99. The van der Waals surface area contributed by atoms with Crippen molar-refractivity contribution in [2.75, 3.05) is 0 Å². The molecular weight excluding hydrogens is 815 g/mol. The Morgan fingerprint density at radius 2 is 1.20 bits per heavy atom. The van der Waals surface area contributed by atoms with Gasteiger partial charge in [-0.2, -0.15) is 0 Å². The molecule has 0 aliphatic heterocycles. The summed E-state index contributed by atoms with van der Waals surface area (Å²) in [7, 11) is -2.99. The van der Waals surface area contributed by atoms with Crippen LogP contribution in [0.5, 0.6) is 0 Å². The Hall–Kier alpha value is -7.40. The molecule has 0 amide bonds. The third-order valence-electron chi connectivity index (χ3n) is 15.8. The number of aryl methyl sites for hydroxylation is 1. The van der Waals surface area contributed by atoms with E-state index in [-0.39, 0.29) is 5.04 Å². The molecule has 66 heavy (non-hydrogen) atoms. The van der Waals surface area contributed by atoms with Crippen LogP contribution in [0.4, 0.5) is 0 Å². The van der Waals surface area contributed by atoms with Crippen LogP contribution in [0.15, 0.2) is 212 Å². The number of para-hydroxylation sites is 3. The predicted molar refractivity (Wildman–Crippen MR) is 278 cm³/mol. The molecule has 3 heterocycles. The molecule has 4 heteroatoms. The second kappa shape index (κ2) is 14.6. The van der Waals surface area contributed by atoms with E-state index >= 15 is 0 Å². The standard InChI is InChI=1S/C62H49N3Si/c1-5-20-43(21-6-1)42-63-53-31-16-14-29-51(53)59-56(63)34-19-35-58(59)66(47-24-9-3-10-25-47,48-26-11-4-12-27-48)62-40-44(62)36-37-46(41-62)65-54-32-17-13-28-49(54)50-38-39-57-60(61(50)65)52-30-15-18-33-55(52)64(57)45-22-7-2-8-23-45/h1-14,16-29,31-37,41,44H,15,30,38-40,42H2. The number of rotatable bonds is 8. The highest BCUT2D eigenvalue weighted by Crippen LogP contribution is 2.70. The smallest absolute Gasteiger partial charge is 0.159 e. The van der Waals surface area contributed by atoms with Gasteiger partial charge in [-0.3, -0.25) is 0 Å². The van der Waals surface area contributed by atoms with Gasteiger partial charge in [0.2, 0.25) is 0 Å². The number of fused-ring (bicyclic) bond motifs is 11. The van der Waals surface area contributed by atoms with Crippen LogP contribution in [0.1, 0.15) is 40.9 Å². The first-order valence-electron chi connectivity index (χ1n) is 23.9. The van der Waals surface area contributed by atoms with Gasteiger partial charge in [0.15, 0.2) is 8.07 Å². The zero-order valence-electron chi connectivity index (χ0n) is 36.9. The van der Waals surface area contributed by atoms with E-state index in [0.29, 0.717) is 5.92 Å². The SMILES string of the molecule is C1=Cc2c(c3c(n2-c2ccccc2)CCc2c-3n(C3=CC4([Si](c5ccccc5)(c5ccccc5)c5cccc6c5c5ccccc5n6Cc5ccccc5)CC4C=C3)c3ccccc23)CC1. The van der Waals surface area contributed by atoms with E-state index in [9.17, 15) is 0 Å². The lowest BCUT2D eigenvalue weighted by Crippen LogP contribution is -2.71. The van der Waals surface area contributed by atoms with Gasteiger partial charge in [-0.15, -0.1) is 0 Å². The lowest BCUT2D eigenvalue weighted by Gasteiger charge is -2.42. The number of hydrogen-bond acceptors (Lipinski definition) is 0. The second-order valence-electron chi connectivity index (χ2n) is 19.0. The van der Waals surface area contributed by atoms with Crippen molar-refractivity contribution in [3.8, 4) is 16.9 Å². The van der Waals surface area contributed by atoms with Gasteiger partial charge in [0.05, 0.1) is 11.2 Å². The van der Waals surface area contributed by atoms with Crippen molar-refractivity contribution >= 4 is 68.1 Å². The molecule has 316 valence electrons. The van der Waals surface area contributed by atoms with Crippen molar-refractivity contribution in [3.63, 3.8) is 0 Å². The van der Waals surface area contributed by atoms with Crippen molar-refractivity contribution < 1.29 is 0 Å². The maximum absolute atomic E-state index is 2.99. The summed E-state index contributed by atoms with van der Waals surface area (Å²) >= 11 is 0. The second-order valence-corrected chi connectivity index (χ2v) is 23.2. The maximum Gasteiger partial charge on any atom is 0.159 e. The summed E-state index contributed by atoms with van der Waals surface area (Å²) in [5.41, 5.74) is 16.4. The van der Waals surface area contributed by atoms with Crippen LogP contribution in [0.3, 0.4) is 0 Å². The number of hydrogen-bond donors (Lipinski definition) is 0. The van der Waals surface area contributed by atoms with Gasteiger partial charge in [-0.1, -0.05) is 176 Å². The molecule has 1 saturated carbocycles. The Bertz CT molecular complexity index is 3600. The van der Waals surface area contributed by atoms with Crippen molar-refractivity contribution in [2.45, 2.75) is 43.7 Å². The average molecular weight is 864 g/mol. The van der Waals surface area contributed by atoms with Crippen LogP contribution in [-0.4, -0.2) is 21.8 Å². The third kappa shape index (κ3) is 5.25. The molecule has 1 fully saturated rings. The van der Waals surface area contributed by atoms with Gasteiger partial charge in [-0.25, -0.2) is 0 Å². The maximum atomic E-state index is 2.81. The molecule has 14 rings (SSSR count). The average Bonchev–Trinajstić information content (AvgIpc) is 3.72. The minimum Gasteiger partial charge on any atom is -0.336 e. The first-order chi connectivity index (χ1) is 32.7. The summed E-state index contributed by atoms with van der Waals surface area (Å²) in [5.74, 6) is 0.409. The van der Waals surface area contributed by atoms with Gasteiger partial charge in [0.25, 0.3) is 0 Å². The van der Waals surface area contributed by atoms with Gasteiger partial charge in [-0.05, 0) is 113 Å². The molecule has 7 aromatic carbocycles. The fourth-order valence-electron chi connectivity index (χ4n) is 13.2. The van der Waals surface area contributed by atoms with Crippen molar-refractivity contribution in [1.29, 1.82) is 0 Å². The zero-order valence-corrected chi connectivity index (χ0v) is 37.9. The quantitative estimate of drug-likeness (QED) is 0.107. The first kappa shape index (κ1) is 37.9. The van der Waals surface area contributed by atoms with E-state index < -0.39 is 8.07 Å². The summed E-state index contributed by atoms with van der Waals surface area (Å²) in [6.07, 6.45) is 18.0. The van der Waals surface area contributed by atoms with Crippen LogP contribution in [-0.2, 0) is 25.8 Å². The summed E-state index contributed by atoms with van der Waals surface area (Å²) in [4.78, 5) is 0. The number of aromatic nitrogens is 3. The Balaban J connectivity index is 1.07. The van der Waals surface area contributed by atoms with E-state index in [1.807, 2.05) is 0 Å². The van der Waals surface area contributed by atoms with Gasteiger partial charge in [0, 0.05) is 67.1 Å². The van der Waals surface area contributed by atoms with E-state index in [2.05, 4.69) is 232 Å². The molecule has 0 N–H and O–H groups in total. The highest BCUT2D eigenvalue weighted by Gasteiger charge is 2.69. The highest BCUT2D eigenvalue weighted by atomic mass is 28.3. The Morgan fingerprint density at radius 1 is 0.545 bits per heavy atom. The van der Waals surface area contributed by atoms with Crippen LogP contribution >= 0.6 is 0 Å². The van der Waals surface area contributed by atoms with Gasteiger partial charge < -0.3 is 13.7 Å². The Labute approximate surface area is 386 Å². The summed E-state index contributed by atoms with van der Waals surface area (Å²) < 4.78 is 7.88. The lowest BCUT2D eigenvalue weighted by molar-refractivity contribution is 0.848. The monoisotopic (exact) mass is 863 g/mol. The largest absolute Gasteiger partial charge is 0.336 e. The van der Waals surface area contributed by atoms with Crippen molar-refractivity contribution in [3.05, 3.63) is 240 Å². The molecule has 4 aliphatic carbocycles. The normalized spacial score (nSPS) is 18.2. The molecule has 2 atom stereocenters. The van der Waals surface area contributed by atoms with Gasteiger partial charge >= 0.3 is 0 Å². The molecule has 10 aromatic rings. The van der Waals surface area contributed by atoms with Crippen molar-refractivity contribution in [1.82, 2.24) is 13.7 Å². The highest BCUT2D eigenvalue weighted by molar-refractivity contribution is 7.15. The summed E-state index contributed by atoms with van der Waals surface area (Å²) in [6.45, 7) is 0.819. The summed E-state index contributed by atoms with van der Waals surface area (Å²) in [6, 6.07) is 71.3. The predicted octanol–water partition coefficient (Wildman–Crippen LogP) is 12.7. The third-order valence-corrected chi connectivity index (χ3v) is 21.5. The van der Waals surface area contributed by atoms with Crippen molar-refractivity contribution in [2.24, 2.45) is 5.92 Å². The minimum absolute atomic E-state index is 0.134. The van der Waals surface area contributed by atoms with E-state index in [1.54, 1.807) is 0 Å². The molecule has 0 bridgehead atoms. The molecule has 4 aliphatic rings. The topological polar surface area (TPSA) is 14.8 Å². The van der Waals surface area contributed by atoms with Crippen LogP contribution < -0.4 is 15.6 Å². The van der Waals surface area contributed by atoms with Crippen LogP contribution in [0, 0.1) is 5.92 Å². The summed E-state index contributed by atoms with van der Waals surface area (Å²) in [5, 5.41) is 8.45. The molecular formula is C62H49N3Si. The van der Waals surface area contributed by atoms with E-state index in [4.69, 9.17) is 0 Å². The Morgan fingerprint density at radius 3 is 1.95 bits per heavy atom. The molecule has 0 spiro atoms. The molecule has 3 nitrogen and oxygen atoms in total. The first-order valence-corrected chi connectivity index (χ1v) is 25.9. The molecule has 0 radical (unpaired) electrons. The van der Waals surface area contributed by atoms with Gasteiger partial charge in [0.1, 0.15) is 0 Å².